The molecule has 0 saturated carbocycles. The zero-order chi connectivity index (χ0) is 19.5. The van der Waals surface area contributed by atoms with E-state index >= 15 is 0 Å². The lowest BCUT2D eigenvalue weighted by atomic mass is 9.91. The fraction of sp³-hybridized carbons (Fsp3) is 0.647. The first kappa shape index (κ1) is 23.8. The third-order valence-electron chi connectivity index (χ3n) is 4.48. The molecule has 3 nitrogen and oxygen atoms in total. The molecule has 1 aromatic carbocycles. The highest BCUT2D eigenvalue weighted by Gasteiger charge is 2.42. The van der Waals surface area contributed by atoms with Gasteiger partial charge in [-0.3, -0.25) is 4.90 Å². The average Bonchev–Trinajstić information content (AvgIpc) is 2.57. The van der Waals surface area contributed by atoms with Crippen molar-refractivity contribution in [2.45, 2.75) is 38.2 Å². The molecule has 1 heterocycles. The maximum atomic E-state index is 13.6. The van der Waals surface area contributed by atoms with Crippen LogP contribution in [0.1, 0.15) is 42.5 Å². The molecule has 0 bridgehead atoms. The molecule has 1 saturated heterocycles. The first-order valence-electron chi connectivity index (χ1n) is 8.40. The Labute approximate surface area is 160 Å². The molecule has 1 atom stereocenters. The van der Waals surface area contributed by atoms with Gasteiger partial charge in [0.05, 0.1) is 18.2 Å². The molecular weight excluding hydrogens is 398 g/mol. The van der Waals surface area contributed by atoms with Gasteiger partial charge in [0, 0.05) is 37.8 Å². The summed E-state index contributed by atoms with van der Waals surface area (Å²) in [4.78, 5) is 1.88. The van der Waals surface area contributed by atoms with E-state index in [-0.39, 0.29) is 29.8 Å². The van der Waals surface area contributed by atoms with Crippen LogP contribution < -0.4 is 10.1 Å². The van der Waals surface area contributed by atoms with Gasteiger partial charge in [0.25, 0.3) is 0 Å². The summed E-state index contributed by atoms with van der Waals surface area (Å²) in [6.07, 6.45) is -8.81. The van der Waals surface area contributed by atoms with Crippen LogP contribution in [-0.4, -0.2) is 38.2 Å². The van der Waals surface area contributed by atoms with Crippen molar-refractivity contribution >= 4 is 12.4 Å². The summed E-state index contributed by atoms with van der Waals surface area (Å²) >= 11 is 0. The zero-order valence-corrected chi connectivity index (χ0v) is 15.8. The summed E-state index contributed by atoms with van der Waals surface area (Å²) in [5.41, 5.74) is -2.85. The van der Waals surface area contributed by atoms with Crippen LogP contribution >= 0.6 is 12.4 Å². The standard InChI is InChI=1S/C17H22F6N2O.ClH/c1-3-4-13(25-7-5-24-6-8-25)15-12(17(21,22)23)9-11(16(18,19)20)10-14(15)26-2;/h9-10,13,24H,3-8H2,1-2H3;1H/t13-;/m1./s1. The quantitative estimate of drug-likeness (QED) is 0.686. The third kappa shape index (κ3) is 5.65. The maximum absolute atomic E-state index is 13.6. The van der Waals surface area contributed by atoms with E-state index < -0.39 is 29.5 Å². The van der Waals surface area contributed by atoms with Gasteiger partial charge in [-0.05, 0) is 18.6 Å². The maximum Gasteiger partial charge on any atom is 0.416 e. The molecule has 0 aromatic heterocycles. The Kier molecular flexibility index (Phi) is 8.25. The smallest absolute Gasteiger partial charge is 0.416 e. The Morgan fingerprint density at radius 2 is 1.67 bits per heavy atom. The Balaban J connectivity index is 0.00000364. The lowest BCUT2D eigenvalue weighted by Gasteiger charge is -2.37. The summed E-state index contributed by atoms with van der Waals surface area (Å²) in [6, 6.07) is 0.203. The topological polar surface area (TPSA) is 24.5 Å². The number of halogens is 7. The number of nitrogens with zero attached hydrogens (tertiary/aromatic N) is 1. The fourth-order valence-electron chi connectivity index (χ4n) is 3.31. The lowest BCUT2D eigenvalue weighted by Crippen LogP contribution is -2.45. The Hall–Kier alpha value is -1.19. The highest BCUT2D eigenvalue weighted by Crippen LogP contribution is 2.46. The number of hydrogen-bond acceptors (Lipinski definition) is 3. The number of alkyl halides is 6. The zero-order valence-electron chi connectivity index (χ0n) is 15.0. The molecule has 1 aromatic rings. The van der Waals surface area contributed by atoms with Crippen molar-refractivity contribution in [3.63, 3.8) is 0 Å². The molecule has 0 amide bonds. The fourth-order valence-corrected chi connectivity index (χ4v) is 3.31. The van der Waals surface area contributed by atoms with Gasteiger partial charge in [0.2, 0.25) is 0 Å². The van der Waals surface area contributed by atoms with E-state index in [0.29, 0.717) is 45.1 Å². The predicted octanol–water partition coefficient (Wildman–Crippen LogP) is 4.90. The van der Waals surface area contributed by atoms with Gasteiger partial charge >= 0.3 is 12.4 Å². The van der Waals surface area contributed by atoms with Crippen LogP contribution in [0.5, 0.6) is 5.75 Å². The molecule has 0 unspecified atom stereocenters. The second kappa shape index (κ2) is 9.34. The van der Waals surface area contributed by atoms with Gasteiger partial charge in [-0.15, -0.1) is 12.4 Å². The average molecular weight is 421 g/mol. The minimum absolute atomic E-state index is 0. The van der Waals surface area contributed by atoms with Crippen molar-refractivity contribution in [1.82, 2.24) is 10.2 Å². The van der Waals surface area contributed by atoms with Crippen molar-refractivity contribution in [1.29, 1.82) is 0 Å². The van der Waals surface area contributed by atoms with E-state index in [4.69, 9.17) is 4.74 Å². The van der Waals surface area contributed by atoms with Crippen molar-refractivity contribution < 1.29 is 31.1 Å². The van der Waals surface area contributed by atoms with Crippen molar-refractivity contribution in [3.05, 3.63) is 28.8 Å². The van der Waals surface area contributed by atoms with Crippen LogP contribution in [0.4, 0.5) is 26.3 Å². The minimum Gasteiger partial charge on any atom is -0.496 e. The number of benzene rings is 1. The summed E-state index contributed by atoms with van der Waals surface area (Å²) in [5.74, 6) is -0.371. The molecule has 1 aliphatic heterocycles. The second-order valence-electron chi connectivity index (χ2n) is 6.23. The van der Waals surface area contributed by atoms with Gasteiger partial charge < -0.3 is 10.1 Å². The molecule has 0 aliphatic carbocycles. The van der Waals surface area contributed by atoms with Crippen molar-refractivity contribution in [2.24, 2.45) is 0 Å². The molecule has 27 heavy (non-hydrogen) atoms. The van der Waals surface area contributed by atoms with E-state index in [0.717, 1.165) is 7.11 Å². The van der Waals surface area contributed by atoms with E-state index in [2.05, 4.69) is 5.32 Å². The van der Waals surface area contributed by atoms with Crippen molar-refractivity contribution in [2.75, 3.05) is 33.3 Å². The van der Waals surface area contributed by atoms with E-state index in [9.17, 15) is 26.3 Å². The van der Waals surface area contributed by atoms with Gasteiger partial charge in [-0.2, -0.15) is 26.3 Å². The van der Waals surface area contributed by atoms with Crippen LogP contribution in [0, 0.1) is 0 Å². The summed E-state index contributed by atoms with van der Waals surface area (Å²) in [6.45, 7) is 4.10. The van der Waals surface area contributed by atoms with Crippen LogP contribution in [0.3, 0.4) is 0 Å². The summed E-state index contributed by atoms with van der Waals surface area (Å²) in [5, 5.41) is 3.12. The first-order valence-corrected chi connectivity index (χ1v) is 8.40. The second-order valence-corrected chi connectivity index (χ2v) is 6.23. The van der Waals surface area contributed by atoms with Crippen LogP contribution in [0.2, 0.25) is 0 Å². The Morgan fingerprint density at radius 1 is 1.07 bits per heavy atom. The molecular formula is C17H23ClF6N2O. The lowest BCUT2D eigenvalue weighted by molar-refractivity contribution is -0.144. The number of hydrogen-bond donors (Lipinski definition) is 1. The van der Waals surface area contributed by atoms with Crippen LogP contribution in [0.25, 0.3) is 0 Å². The Bertz CT molecular complexity index is 615. The molecule has 0 radical (unpaired) electrons. The largest absolute Gasteiger partial charge is 0.496 e. The molecule has 1 N–H and O–H groups in total. The number of rotatable bonds is 5. The van der Waals surface area contributed by atoms with Gasteiger partial charge in [0.1, 0.15) is 5.75 Å². The third-order valence-corrected chi connectivity index (χ3v) is 4.48. The van der Waals surface area contributed by atoms with Crippen molar-refractivity contribution in [3.8, 4) is 5.75 Å². The van der Waals surface area contributed by atoms with Gasteiger partial charge in [-0.1, -0.05) is 13.3 Å². The highest BCUT2D eigenvalue weighted by atomic mass is 35.5. The van der Waals surface area contributed by atoms with E-state index in [1.54, 1.807) is 0 Å². The monoisotopic (exact) mass is 420 g/mol. The van der Waals surface area contributed by atoms with Gasteiger partial charge in [-0.25, -0.2) is 0 Å². The molecule has 1 fully saturated rings. The summed E-state index contributed by atoms with van der Waals surface area (Å²) < 4.78 is 85.1. The van der Waals surface area contributed by atoms with Crippen LogP contribution in [-0.2, 0) is 12.4 Å². The molecule has 10 heteroatoms. The number of piperazine rings is 1. The number of nitrogens with one attached hydrogen (secondary N) is 1. The number of ether oxygens (including phenoxy) is 1. The first-order chi connectivity index (χ1) is 12.1. The Morgan fingerprint density at radius 3 is 2.11 bits per heavy atom. The molecule has 1 aliphatic rings. The van der Waals surface area contributed by atoms with Crippen LogP contribution in [0.15, 0.2) is 12.1 Å². The predicted molar refractivity (Wildman–Crippen MR) is 92.3 cm³/mol. The minimum atomic E-state index is -4.91. The van der Waals surface area contributed by atoms with Gasteiger partial charge in [0.15, 0.2) is 0 Å². The normalized spacial score (nSPS) is 17.3. The summed E-state index contributed by atoms with van der Waals surface area (Å²) in [7, 11) is 1.10. The molecule has 156 valence electrons. The number of methoxy groups -OCH3 is 1. The molecule has 0 spiro atoms. The SMILES string of the molecule is CCC[C@H](c1c(OC)cc(C(F)(F)F)cc1C(F)(F)F)N1CCNCC1.Cl. The highest BCUT2D eigenvalue weighted by molar-refractivity contribution is 5.85. The molecule has 2 rings (SSSR count). The van der Waals surface area contributed by atoms with E-state index in [1.165, 1.54) is 0 Å². The van der Waals surface area contributed by atoms with E-state index in [1.807, 2.05) is 11.8 Å².